The molecule has 114 heavy (non-hydrogen) atoms. The van der Waals surface area contributed by atoms with Crippen molar-refractivity contribution >= 4 is 87.2 Å². The molecule has 0 radical (unpaired) electrons. The Bertz CT molecular complexity index is 6770. The molecule has 4 aromatic heterocycles. The second kappa shape index (κ2) is 28.8. The van der Waals surface area contributed by atoms with Crippen molar-refractivity contribution in [2.45, 2.75) is 77.4 Å². The molecular weight excluding hydrogens is 1450 g/mol. The Morgan fingerprint density at radius 2 is 0.579 bits per heavy atom. The van der Waals surface area contributed by atoms with Gasteiger partial charge in [0.1, 0.15) is 0 Å². The van der Waals surface area contributed by atoms with E-state index in [1.54, 1.807) is 0 Å². The van der Waals surface area contributed by atoms with E-state index in [-0.39, 0.29) is 27.3 Å². The Morgan fingerprint density at radius 3 is 1.05 bits per heavy atom. The molecular formula is C102H78BClN6O2S2. The number of hydrogen-bond donors (Lipinski definition) is 0. The SMILES string of the molecule is CC1(C)OB(c2cc(-c3ccccc3)cc(-c3cccc4c3sc3ccccc34)c2)OC1(C)C.CC1(C)c2ccccc2-c2ccc(-c3nc(-c4ccccc4)nc(-c4cc(-c5ccccc5)cc(-c5cccc6c5sc5ccccc56)c4)n3)cc21.CC1(C)c2ccccc2-c2ccc(-c3nc(Cl)nc(-c4ccccc4)n3)cc21. The lowest BCUT2D eigenvalue weighted by molar-refractivity contribution is 0.00578. The molecule has 550 valence electrons. The van der Waals surface area contributed by atoms with Crippen molar-refractivity contribution < 1.29 is 9.31 Å². The number of fused-ring (bicyclic) bond motifs is 12. The maximum absolute atomic E-state index is 6.45. The topological polar surface area (TPSA) is 95.8 Å². The van der Waals surface area contributed by atoms with Gasteiger partial charge in [0.25, 0.3) is 0 Å². The zero-order valence-corrected chi connectivity index (χ0v) is 66.8. The van der Waals surface area contributed by atoms with E-state index in [1.807, 2.05) is 71.2 Å². The Balaban J connectivity index is 0.000000122. The van der Waals surface area contributed by atoms with Crippen LogP contribution in [0.25, 0.3) is 164 Å². The maximum Gasteiger partial charge on any atom is 0.494 e. The number of nitrogens with zero attached hydrogens (tertiary/aromatic N) is 6. The van der Waals surface area contributed by atoms with Crippen molar-refractivity contribution in [3.05, 3.63) is 355 Å². The second-order valence-corrected chi connectivity index (χ2v) is 34.1. The number of aromatic nitrogens is 6. The highest BCUT2D eigenvalue weighted by Gasteiger charge is 2.52. The van der Waals surface area contributed by atoms with E-state index in [2.05, 4.69) is 349 Å². The van der Waals surface area contributed by atoms with Crippen LogP contribution < -0.4 is 5.46 Å². The van der Waals surface area contributed by atoms with Gasteiger partial charge in [-0.15, -0.1) is 22.7 Å². The Labute approximate surface area is 677 Å². The number of hydrogen-bond acceptors (Lipinski definition) is 10. The van der Waals surface area contributed by atoms with Crippen LogP contribution in [0, 0.1) is 0 Å². The van der Waals surface area contributed by atoms with Crippen LogP contribution in [0.2, 0.25) is 5.28 Å². The highest BCUT2D eigenvalue weighted by molar-refractivity contribution is 7.26. The minimum absolute atomic E-state index is 0.0684. The van der Waals surface area contributed by atoms with Gasteiger partial charge < -0.3 is 9.31 Å². The molecule has 21 rings (SSSR count). The van der Waals surface area contributed by atoms with Gasteiger partial charge in [-0.25, -0.2) is 19.9 Å². The molecule has 5 heterocycles. The highest BCUT2D eigenvalue weighted by atomic mass is 35.5. The summed E-state index contributed by atoms with van der Waals surface area (Å²) >= 11 is 9.94. The second-order valence-electron chi connectivity index (χ2n) is 31.7. The first-order valence-corrected chi connectivity index (χ1v) is 40.7. The summed E-state index contributed by atoms with van der Waals surface area (Å²) in [6, 6.07) is 116. The Kier molecular flexibility index (Phi) is 18.2. The van der Waals surface area contributed by atoms with E-state index < -0.39 is 7.12 Å². The largest absolute Gasteiger partial charge is 0.494 e. The molecule has 0 bridgehead atoms. The van der Waals surface area contributed by atoms with Gasteiger partial charge in [-0.05, 0) is 182 Å². The van der Waals surface area contributed by atoms with Gasteiger partial charge in [0.05, 0.1) is 11.2 Å². The van der Waals surface area contributed by atoms with Crippen molar-refractivity contribution in [3.8, 4) is 124 Å². The van der Waals surface area contributed by atoms with Crippen LogP contribution >= 0.6 is 34.3 Å². The molecule has 0 amide bonds. The van der Waals surface area contributed by atoms with Crippen molar-refractivity contribution in [2.24, 2.45) is 0 Å². The fourth-order valence-electron chi connectivity index (χ4n) is 16.6. The number of thiophene rings is 2. The molecule has 8 nitrogen and oxygen atoms in total. The molecule has 3 aliphatic rings. The smallest absolute Gasteiger partial charge is 0.399 e. The van der Waals surface area contributed by atoms with Crippen molar-refractivity contribution in [2.75, 3.05) is 0 Å². The van der Waals surface area contributed by atoms with Gasteiger partial charge >= 0.3 is 7.12 Å². The van der Waals surface area contributed by atoms with Gasteiger partial charge in [-0.2, -0.15) is 9.97 Å². The molecule has 1 aliphatic heterocycles. The maximum atomic E-state index is 6.45. The molecule has 0 N–H and O–H groups in total. The normalized spacial score (nSPS) is 14.4. The minimum Gasteiger partial charge on any atom is -0.399 e. The molecule has 0 unspecified atom stereocenters. The molecule has 1 saturated heterocycles. The Morgan fingerprint density at radius 1 is 0.254 bits per heavy atom. The lowest BCUT2D eigenvalue weighted by Crippen LogP contribution is -2.41. The van der Waals surface area contributed by atoms with Crippen LogP contribution in [0.5, 0.6) is 0 Å². The van der Waals surface area contributed by atoms with Crippen LogP contribution in [0.1, 0.15) is 77.6 Å². The molecule has 0 spiro atoms. The molecule has 0 atom stereocenters. The molecule has 0 saturated carbocycles. The van der Waals surface area contributed by atoms with E-state index in [0.29, 0.717) is 29.1 Å². The standard InChI is InChI=1S/C48H33N3S.C30H27BO2S.C24H18ClN3/c1-48(2)41-22-11-9-18-37(41)38-25-24-32(29-42(38)48)46-49-45(31-16-7-4-8-17-31)50-47(51-46)35-27-33(30-14-5-3-6-15-30)26-34(28-35)36-20-13-21-40-39-19-10-12-23-43(39)52-44(36)40;1-29(2)30(3,4)33-31(32-29)23-18-21(20-11-6-5-7-12-20)17-22(19-23)24-14-10-15-26-25-13-8-9-16-27(25)34-28(24)26;1-24(2)19-11-7-6-10-17(19)18-13-12-16(14-20(18)24)22-26-21(27-23(25)28-22)15-8-4-3-5-9-15/h3-29H,1-2H3;5-19H,1-4H3;3-14H,1-2H3. The quantitative estimate of drug-likeness (QED) is 0.125. The highest BCUT2D eigenvalue weighted by Crippen LogP contribution is 2.52. The summed E-state index contributed by atoms with van der Waals surface area (Å²) in [4.78, 5) is 29.0. The van der Waals surface area contributed by atoms with E-state index in [1.165, 1.54) is 113 Å². The summed E-state index contributed by atoms with van der Waals surface area (Å²) in [7, 11) is -0.408. The molecule has 18 aromatic rings. The van der Waals surface area contributed by atoms with E-state index >= 15 is 0 Å². The number of rotatable bonds is 10. The predicted octanol–water partition coefficient (Wildman–Crippen LogP) is 26.7. The molecule has 12 heteroatoms. The van der Waals surface area contributed by atoms with Crippen LogP contribution in [0.15, 0.2) is 328 Å². The number of benzene rings is 14. The van der Waals surface area contributed by atoms with Gasteiger partial charge in [0.2, 0.25) is 5.28 Å². The monoisotopic (exact) mass is 1530 g/mol. The first-order valence-electron chi connectivity index (χ1n) is 38.7. The summed E-state index contributed by atoms with van der Waals surface area (Å²) in [5, 5.41) is 5.39. The summed E-state index contributed by atoms with van der Waals surface area (Å²) in [5.41, 5.74) is 24.6. The van der Waals surface area contributed by atoms with Crippen LogP contribution in [0.4, 0.5) is 0 Å². The van der Waals surface area contributed by atoms with Crippen LogP contribution in [-0.4, -0.2) is 48.2 Å². The first kappa shape index (κ1) is 72.1. The van der Waals surface area contributed by atoms with Gasteiger partial charge in [0, 0.05) is 79.0 Å². The van der Waals surface area contributed by atoms with Crippen LogP contribution in [-0.2, 0) is 20.1 Å². The summed E-state index contributed by atoms with van der Waals surface area (Å²) < 4.78 is 18.1. The lowest BCUT2D eigenvalue weighted by Gasteiger charge is -2.32. The van der Waals surface area contributed by atoms with E-state index in [4.69, 9.17) is 35.9 Å². The average molecular weight is 1530 g/mol. The fraction of sp³-hybridized carbons (Fsp3) is 0.118. The number of halogens is 1. The fourth-order valence-corrected chi connectivity index (χ4v) is 19.2. The molecule has 14 aromatic carbocycles. The van der Waals surface area contributed by atoms with E-state index in [9.17, 15) is 0 Å². The average Bonchev–Trinajstić information content (AvgIpc) is 1.58. The van der Waals surface area contributed by atoms with Crippen LogP contribution in [0.3, 0.4) is 0 Å². The molecule has 1 fully saturated rings. The van der Waals surface area contributed by atoms with Gasteiger partial charge in [0.15, 0.2) is 29.1 Å². The molecule has 2 aliphatic carbocycles. The van der Waals surface area contributed by atoms with E-state index in [0.717, 1.165) is 50.0 Å². The summed E-state index contributed by atoms with van der Waals surface area (Å²) in [6.45, 7) is 17.6. The third-order valence-electron chi connectivity index (χ3n) is 23.3. The predicted molar refractivity (Wildman–Crippen MR) is 477 cm³/mol. The first-order chi connectivity index (χ1) is 55.4. The summed E-state index contributed by atoms with van der Waals surface area (Å²) in [6.07, 6.45) is 0. The van der Waals surface area contributed by atoms with Gasteiger partial charge in [-0.3, -0.25) is 0 Å². The zero-order chi connectivity index (χ0) is 77.6. The Hall–Kier alpha value is -12.2. The van der Waals surface area contributed by atoms with Gasteiger partial charge in [-0.1, -0.05) is 307 Å². The van der Waals surface area contributed by atoms with Crippen molar-refractivity contribution in [1.29, 1.82) is 0 Å². The van der Waals surface area contributed by atoms with Crippen molar-refractivity contribution in [3.63, 3.8) is 0 Å². The zero-order valence-electron chi connectivity index (χ0n) is 64.4. The third kappa shape index (κ3) is 13.1. The third-order valence-corrected chi connectivity index (χ3v) is 25.9. The lowest BCUT2D eigenvalue weighted by atomic mass is 9.76. The van der Waals surface area contributed by atoms with Crippen molar-refractivity contribution in [1.82, 2.24) is 29.9 Å². The summed E-state index contributed by atoms with van der Waals surface area (Å²) in [5.74, 6) is 3.14. The minimum atomic E-state index is -0.408.